The van der Waals surface area contributed by atoms with Crippen LogP contribution in [-0.4, -0.2) is 4.57 Å². The van der Waals surface area contributed by atoms with E-state index in [1.807, 2.05) is 0 Å². The first kappa shape index (κ1) is 8.86. The topological polar surface area (TPSA) is 4.93 Å². The van der Waals surface area contributed by atoms with E-state index in [1.54, 1.807) is 0 Å². The van der Waals surface area contributed by atoms with Gasteiger partial charge in [-0.15, -0.1) is 0 Å². The Bertz CT molecular complexity index is 331. The number of fused-ring (bicyclic) bond motifs is 1. The van der Waals surface area contributed by atoms with E-state index in [9.17, 15) is 0 Å². The van der Waals surface area contributed by atoms with Crippen LogP contribution in [-0.2, 0) is 6.42 Å². The van der Waals surface area contributed by atoms with E-state index in [2.05, 4.69) is 38.3 Å². The molecule has 1 nitrogen and oxygen atoms in total. The van der Waals surface area contributed by atoms with Crippen molar-refractivity contribution < 1.29 is 0 Å². The second kappa shape index (κ2) is 2.63. The Hall–Kier alpha value is -0.720. The molecule has 2 aliphatic rings. The summed E-state index contributed by atoms with van der Waals surface area (Å²) in [5.41, 5.74) is 4.96. The predicted molar refractivity (Wildman–Crippen MR) is 56.5 cm³/mol. The van der Waals surface area contributed by atoms with Crippen LogP contribution in [0.15, 0.2) is 6.07 Å². The van der Waals surface area contributed by atoms with Crippen molar-refractivity contribution in [3.05, 3.63) is 17.5 Å². The summed E-state index contributed by atoms with van der Waals surface area (Å²) in [6, 6.07) is 2.34. The standard InChI is InChI=1S/C12H19N/c1-5-6-12(3,4)8-10-7-11-9(2)13(10)11/h7H,5-6,8H2,1-4H3. The quantitative estimate of drug-likeness (QED) is 0.674. The van der Waals surface area contributed by atoms with Crippen molar-refractivity contribution in [1.29, 1.82) is 0 Å². The third kappa shape index (κ3) is 1.41. The molecule has 0 spiro atoms. The van der Waals surface area contributed by atoms with E-state index >= 15 is 0 Å². The van der Waals surface area contributed by atoms with Crippen LogP contribution in [0.1, 0.15) is 45.0 Å². The summed E-state index contributed by atoms with van der Waals surface area (Å²) in [4.78, 5) is 0. The number of rotatable bonds is 4. The van der Waals surface area contributed by atoms with E-state index in [1.165, 1.54) is 36.3 Å². The van der Waals surface area contributed by atoms with Gasteiger partial charge in [0.25, 0.3) is 0 Å². The summed E-state index contributed by atoms with van der Waals surface area (Å²) in [7, 11) is 0. The molecule has 0 saturated carbocycles. The maximum atomic E-state index is 2.39. The summed E-state index contributed by atoms with van der Waals surface area (Å²) >= 11 is 0. The highest BCUT2D eigenvalue weighted by Crippen LogP contribution is 2.39. The molecule has 0 saturated heterocycles. The molecule has 0 N–H and O–H groups in total. The lowest BCUT2D eigenvalue weighted by atomic mass is 9.83. The lowest BCUT2D eigenvalue weighted by Gasteiger charge is -2.25. The molecule has 72 valence electrons. The average molecular weight is 177 g/mol. The molecule has 13 heavy (non-hydrogen) atoms. The fraction of sp³-hybridized carbons (Fsp3) is 0.667. The zero-order valence-corrected chi connectivity index (χ0v) is 9.15. The van der Waals surface area contributed by atoms with Crippen molar-refractivity contribution in [1.82, 2.24) is 4.57 Å². The molecule has 0 radical (unpaired) electrons. The van der Waals surface area contributed by atoms with E-state index in [-0.39, 0.29) is 0 Å². The first-order chi connectivity index (χ1) is 6.05. The summed E-state index contributed by atoms with van der Waals surface area (Å²) < 4.78 is 2.39. The van der Waals surface area contributed by atoms with Crippen molar-refractivity contribution in [2.45, 2.75) is 47.0 Å². The molecule has 0 atom stereocenters. The van der Waals surface area contributed by atoms with Crippen LogP contribution >= 0.6 is 0 Å². The average Bonchev–Trinajstić information content (AvgIpc) is 2.48. The predicted octanol–water partition coefficient (Wildman–Crippen LogP) is 3.47. The molecule has 1 heteroatoms. The Kier molecular flexibility index (Phi) is 1.79. The monoisotopic (exact) mass is 177 g/mol. The Labute approximate surface area is 80.8 Å². The fourth-order valence-corrected chi connectivity index (χ4v) is 2.35. The van der Waals surface area contributed by atoms with Crippen LogP contribution < -0.4 is 0 Å². The van der Waals surface area contributed by atoms with Gasteiger partial charge in [-0.25, -0.2) is 0 Å². The largest absolute Gasteiger partial charge is 0.314 e. The molecule has 0 fully saturated rings. The molecule has 2 rings (SSSR count). The summed E-state index contributed by atoms with van der Waals surface area (Å²) in [5, 5.41) is 0. The highest BCUT2D eigenvalue weighted by Gasteiger charge is 2.30. The molecule has 0 aromatic rings. The Morgan fingerprint density at radius 3 is 2.46 bits per heavy atom. The van der Waals surface area contributed by atoms with Gasteiger partial charge in [-0.3, -0.25) is 0 Å². The number of hydrogen-bond acceptors (Lipinski definition) is 0. The zero-order valence-electron chi connectivity index (χ0n) is 9.15. The van der Waals surface area contributed by atoms with Crippen molar-refractivity contribution >= 4 is 0 Å². The second-order valence-electron chi connectivity index (χ2n) is 5.03. The van der Waals surface area contributed by atoms with Crippen LogP contribution in [0.2, 0.25) is 0 Å². The van der Waals surface area contributed by atoms with Gasteiger partial charge in [-0.2, -0.15) is 0 Å². The first-order valence-electron chi connectivity index (χ1n) is 5.27. The summed E-state index contributed by atoms with van der Waals surface area (Å²) in [6.45, 7) is 9.21. The normalized spacial score (nSPS) is 13.5. The maximum Gasteiger partial charge on any atom is 0.0669 e. The SMILES string of the molecule is CCCC(C)(C)Cc1cc2c(C)n1-2. The van der Waals surface area contributed by atoms with E-state index in [4.69, 9.17) is 0 Å². The van der Waals surface area contributed by atoms with Crippen molar-refractivity contribution in [3.63, 3.8) is 0 Å². The van der Waals surface area contributed by atoms with Crippen LogP contribution in [0.25, 0.3) is 5.69 Å². The van der Waals surface area contributed by atoms with Crippen molar-refractivity contribution in [2.24, 2.45) is 5.41 Å². The minimum absolute atomic E-state index is 0.481. The van der Waals surface area contributed by atoms with Gasteiger partial charge >= 0.3 is 0 Å². The van der Waals surface area contributed by atoms with Gasteiger partial charge in [0, 0.05) is 11.4 Å². The third-order valence-electron chi connectivity index (χ3n) is 3.07. The lowest BCUT2D eigenvalue weighted by Crippen LogP contribution is -2.17. The summed E-state index contributed by atoms with van der Waals surface area (Å²) in [5.74, 6) is 0. The number of hydrogen-bond donors (Lipinski definition) is 0. The first-order valence-corrected chi connectivity index (χ1v) is 5.27. The molecule has 0 aromatic heterocycles. The smallest absolute Gasteiger partial charge is 0.0669 e. The molecule has 2 aliphatic heterocycles. The molecule has 0 amide bonds. The molecule has 2 heterocycles. The number of aromatic nitrogens is 1. The summed E-state index contributed by atoms with van der Waals surface area (Å²) in [6.07, 6.45) is 3.85. The Morgan fingerprint density at radius 1 is 1.38 bits per heavy atom. The van der Waals surface area contributed by atoms with Crippen molar-refractivity contribution in [3.8, 4) is 5.69 Å². The second-order valence-corrected chi connectivity index (χ2v) is 5.03. The molecule has 0 bridgehead atoms. The van der Waals surface area contributed by atoms with Gasteiger partial charge in [-0.1, -0.05) is 27.2 Å². The Balaban J connectivity index is 1.99. The minimum Gasteiger partial charge on any atom is -0.314 e. The minimum atomic E-state index is 0.481. The Morgan fingerprint density at radius 2 is 2.08 bits per heavy atom. The van der Waals surface area contributed by atoms with Crippen LogP contribution in [0.5, 0.6) is 0 Å². The highest BCUT2D eigenvalue weighted by molar-refractivity contribution is 5.59. The zero-order chi connectivity index (χ0) is 9.64. The molecule has 0 unspecified atom stereocenters. The van der Waals surface area contributed by atoms with E-state index in [0.717, 1.165) is 0 Å². The van der Waals surface area contributed by atoms with Crippen molar-refractivity contribution in [2.75, 3.05) is 0 Å². The maximum absolute atomic E-state index is 2.39. The van der Waals surface area contributed by atoms with Crippen LogP contribution in [0.4, 0.5) is 0 Å². The van der Waals surface area contributed by atoms with E-state index in [0.29, 0.717) is 5.41 Å². The van der Waals surface area contributed by atoms with Crippen LogP contribution in [0, 0.1) is 12.3 Å². The third-order valence-corrected chi connectivity index (χ3v) is 3.07. The van der Waals surface area contributed by atoms with Gasteiger partial charge in [-0.05, 0) is 31.2 Å². The van der Waals surface area contributed by atoms with E-state index < -0.39 is 0 Å². The number of nitrogens with zero attached hydrogens (tertiary/aromatic N) is 1. The number of aryl methyl sites for hydroxylation is 1. The van der Waals surface area contributed by atoms with Gasteiger partial charge in [0.05, 0.1) is 5.69 Å². The van der Waals surface area contributed by atoms with Gasteiger partial charge < -0.3 is 4.57 Å². The van der Waals surface area contributed by atoms with Crippen LogP contribution in [0.3, 0.4) is 0 Å². The molecular weight excluding hydrogens is 158 g/mol. The molecule has 0 aliphatic carbocycles. The molecular formula is C12H19N. The molecule has 0 aromatic carbocycles. The van der Waals surface area contributed by atoms with Gasteiger partial charge in [0.15, 0.2) is 0 Å². The van der Waals surface area contributed by atoms with Gasteiger partial charge in [0.2, 0.25) is 0 Å². The van der Waals surface area contributed by atoms with Gasteiger partial charge in [0.1, 0.15) is 0 Å². The fourth-order valence-electron chi connectivity index (χ4n) is 2.35. The highest BCUT2D eigenvalue weighted by atomic mass is 15.1. The lowest BCUT2D eigenvalue weighted by molar-refractivity contribution is 0.323.